The highest BCUT2D eigenvalue weighted by atomic mass is 31.2. The second kappa shape index (κ2) is 5.56. The van der Waals surface area contributed by atoms with E-state index in [-0.39, 0.29) is 0 Å². The lowest BCUT2D eigenvalue weighted by Gasteiger charge is -2.23. The van der Waals surface area contributed by atoms with Crippen molar-refractivity contribution in [2.24, 2.45) is 0 Å². The van der Waals surface area contributed by atoms with Crippen molar-refractivity contribution >= 4 is 25.3 Å². The third-order valence-corrected chi connectivity index (χ3v) is 4.69. The van der Waals surface area contributed by atoms with Gasteiger partial charge in [-0.3, -0.25) is 0 Å². The smallest absolute Gasteiger partial charge is 0.408 e. The average molecular weight is 324 g/mol. The van der Waals surface area contributed by atoms with Crippen LogP contribution in [0, 0.1) is 6.92 Å². The summed E-state index contributed by atoms with van der Waals surface area (Å²) in [4.78, 5) is 12.1. The molecule has 0 amide bonds. The monoisotopic (exact) mass is 324 g/mol. The predicted octanol–water partition coefficient (Wildman–Crippen LogP) is 5.00. The molecule has 0 saturated carbocycles. The maximum absolute atomic E-state index is 12.1. The first-order chi connectivity index (χ1) is 11.2. The number of fused-ring (bicyclic) bond motifs is 2. The number of aryl methyl sites for hydroxylation is 1. The van der Waals surface area contributed by atoms with E-state index in [4.69, 9.17) is 13.6 Å². The Labute approximate surface area is 134 Å². The Hall–Kier alpha value is -2.58. The van der Waals surface area contributed by atoms with E-state index in [0.29, 0.717) is 17.1 Å². The number of carbonyl (C=O) groups excluding carboxylic acids is 1. The third-order valence-electron chi connectivity index (χ3n) is 3.68. The molecule has 1 heterocycles. The van der Waals surface area contributed by atoms with Crippen molar-refractivity contribution in [2.75, 3.05) is 0 Å². The van der Waals surface area contributed by atoms with Gasteiger partial charge in [0.2, 0.25) is 0 Å². The SMILES string of the molecule is Cc1cccc2cccc(OP3OC(=O)c4ccccc4O3)c12. The zero-order chi connectivity index (χ0) is 15.8. The molecule has 3 aromatic carbocycles. The second-order valence-electron chi connectivity index (χ2n) is 5.21. The fourth-order valence-corrected chi connectivity index (χ4v) is 3.59. The van der Waals surface area contributed by atoms with E-state index in [0.717, 1.165) is 16.3 Å². The molecule has 0 spiro atoms. The molecule has 1 aliphatic heterocycles. The zero-order valence-electron chi connectivity index (χ0n) is 12.4. The van der Waals surface area contributed by atoms with Gasteiger partial charge in [0.1, 0.15) is 17.1 Å². The van der Waals surface area contributed by atoms with Crippen molar-refractivity contribution in [1.82, 2.24) is 0 Å². The summed E-state index contributed by atoms with van der Waals surface area (Å²) < 4.78 is 16.9. The number of para-hydroxylation sites is 1. The highest BCUT2D eigenvalue weighted by Gasteiger charge is 2.32. The van der Waals surface area contributed by atoms with Crippen LogP contribution in [-0.2, 0) is 4.52 Å². The van der Waals surface area contributed by atoms with Crippen molar-refractivity contribution < 1.29 is 18.4 Å². The summed E-state index contributed by atoms with van der Waals surface area (Å²) in [7, 11) is -1.81. The van der Waals surface area contributed by atoms with E-state index in [9.17, 15) is 4.79 Å². The maximum Gasteiger partial charge on any atom is 0.532 e. The molecular weight excluding hydrogens is 311 g/mol. The lowest BCUT2D eigenvalue weighted by molar-refractivity contribution is 0.0698. The minimum absolute atomic E-state index is 0.420. The highest BCUT2D eigenvalue weighted by Crippen LogP contribution is 2.48. The van der Waals surface area contributed by atoms with Gasteiger partial charge in [-0.1, -0.05) is 42.5 Å². The molecule has 23 heavy (non-hydrogen) atoms. The molecule has 0 fully saturated rings. The van der Waals surface area contributed by atoms with E-state index in [1.54, 1.807) is 18.2 Å². The first-order valence-electron chi connectivity index (χ1n) is 7.18. The summed E-state index contributed by atoms with van der Waals surface area (Å²) >= 11 is 0. The van der Waals surface area contributed by atoms with Crippen molar-refractivity contribution in [3.63, 3.8) is 0 Å². The van der Waals surface area contributed by atoms with Crippen LogP contribution >= 0.6 is 8.60 Å². The fourth-order valence-electron chi connectivity index (χ4n) is 2.61. The molecule has 0 saturated heterocycles. The van der Waals surface area contributed by atoms with Gasteiger partial charge in [-0.15, -0.1) is 0 Å². The molecule has 3 aromatic rings. The van der Waals surface area contributed by atoms with Crippen molar-refractivity contribution in [3.05, 3.63) is 71.8 Å². The Morgan fingerprint density at radius 2 is 1.70 bits per heavy atom. The molecule has 4 nitrogen and oxygen atoms in total. The summed E-state index contributed by atoms with van der Waals surface area (Å²) in [6.07, 6.45) is 0. The molecule has 0 bridgehead atoms. The average Bonchev–Trinajstić information content (AvgIpc) is 2.55. The van der Waals surface area contributed by atoms with Crippen LogP contribution in [-0.4, -0.2) is 5.97 Å². The molecule has 0 N–H and O–H groups in total. The minimum Gasteiger partial charge on any atom is -0.408 e. The maximum atomic E-state index is 12.1. The molecule has 0 aromatic heterocycles. The van der Waals surface area contributed by atoms with Crippen LogP contribution in [0.3, 0.4) is 0 Å². The number of hydrogen-bond donors (Lipinski definition) is 0. The summed E-state index contributed by atoms with van der Waals surface area (Å²) in [5.74, 6) is 0.723. The quantitative estimate of drug-likeness (QED) is 0.622. The third kappa shape index (κ3) is 2.51. The Morgan fingerprint density at radius 1 is 0.913 bits per heavy atom. The topological polar surface area (TPSA) is 44.8 Å². The van der Waals surface area contributed by atoms with Gasteiger partial charge in [-0.05, 0) is 36.1 Å². The van der Waals surface area contributed by atoms with Crippen LogP contribution in [0.4, 0.5) is 0 Å². The Balaban J connectivity index is 1.69. The van der Waals surface area contributed by atoms with Gasteiger partial charge in [0, 0.05) is 5.39 Å². The second-order valence-corrected chi connectivity index (χ2v) is 6.21. The lowest BCUT2D eigenvalue weighted by atomic mass is 10.1. The normalized spacial score (nSPS) is 16.4. The van der Waals surface area contributed by atoms with Gasteiger partial charge in [0.05, 0.1) is 0 Å². The van der Waals surface area contributed by atoms with Crippen LogP contribution in [0.5, 0.6) is 11.5 Å². The molecule has 1 unspecified atom stereocenters. The summed E-state index contributed by atoms with van der Waals surface area (Å²) in [5, 5.41) is 2.07. The number of carbonyl (C=O) groups is 1. The van der Waals surface area contributed by atoms with Crippen LogP contribution in [0.25, 0.3) is 10.8 Å². The number of benzene rings is 3. The van der Waals surface area contributed by atoms with Crippen LogP contribution < -0.4 is 9.05 Å². The molecule has 1 aliphatic rings. The number of rotatable bonds is 2. The summed E-state index contributed by atoms with van der Waals surface area (Å²) in [6, 6.07) is 18.8. The summed E-state index contributed by atoms with van der Waals surface area (Å²) in [6.45, 7) is 2.02. The van der Waals surface area contributed by atoms with Gasteiger partial charge in [-0.25, -0.2) is 4.79 Å². The Morgan fingerprint density at radius 3 is 2.57 bits per heavy atom. The van der Waals surface area contributed by atoms with Crippen molar-refractivity contribution in [2.45, 2.75) is 6.92 Å². The molecule has 0 aliphatic carbocycles. The van der Waals surface area contributed by atoms with Gasteiger partial charge >= 0.3 is 14.6 Å². The van der Waals surface area contributed by atoms with Gasteiger partial charge < -0.3 is 13.6 Å². The number of hydrogen-bond acceptors (Lipinski definition) is 4. The first-order valence-corrected chi connectivity index (χ1v) is 8.28. The Bertz CT molecular complexity index is 901. The van der Waals surface area contributed by atoms with Gasteiger partial charge in [0.15, 0.2) is 0 Å². The fraction of sp³-hybridized carbons (Fsp3) is 0.0556. The van der Waals surface area contributed by atoms with Gasteiger partial charge in [-0.2, -0.15) is 0 Å². The molecule has 0 radical (unpaired) electrons. The van der Waals surface area contributed by atoms with Crippen molar-refractivity contribution in [3.8, 4) is 11.5 Å². The van der Waals surface area contributed by atoms with Gasteiger partial charge in [0.25, 0.3) is 0 Å². The van der Waals surface area contributed by atoms with Crippen LogP contribution in [0.2, 0.25) is 0 Å². The molecule has 5 heteroatoms. The lowest BCUT2D eigenvalue weighted by Crippen LogP contribution is -2.14. The van der Waals surface area contributed by atoms with Crippen LogP contribution in [0.1, 0.15) is 15.9 Å². The highest BCUT2D eigenvalue weighted by molar-refractivity contribution is 7.43. The van der Waals surface area contributed by atoms with E-state index in [1.807, 2.05) is 49.4 Å². The Kier molecular flexibility index (Phi) is 3.40. The summed E-state index contributed by atoms with van der Waals surface area (Å²) in [5.41, 5.74) is 1.51. The van der Waals surface area contributed by atoms with E-state index < -0.39 is 14.6 Å². The predicted molar refractivity (Wildman–Crippen MR) is 88.7 cm³/mol. The van der Waals surface area contributed by atoms with E-state index in [1.165, 1.54) is 0 Å². The van der Waals surface area contributed by atoms with E-state index in [2.05, 4.69) is 0 Å². The van der Waals surface area contributed by atoms with Crippen molar-refractivity contribution in [1.29, 1.82) is 0 Å². The molecule has 1 atom stereocenters. The minimum atomic E-state index is -1.81. The molecule has 4 rings (SSSR count). The molecule has 114 valence electrons. The largest absolute Gasteiger partial charge is 0.532 e. The first kappa shape index (κ1) is 14.0. The van der Waals surface area contributed by atoms with E-state index >= 15 is 0 Å². The van der Waals surface area contributed by atoms with Crippen LogP contribution in [0.15, 0.2) is 60.7 Å². The standard InChI is InChI=1S/C18H13O4P/c1-12-6-4-7-13-8-5-11-16(17(12)13)21-23-20-15-10-3-2-9-14(15)18(19)22-23/h2-11H,1H3. The zero-order valence-corrected chi connectivity index (χ0v) is 13.2. The molecular formula is C18H13O4P.